The average molecular weight is 418 g/mol. The van der Waals surface area contributed by atoms with Crippen LogP contribution in [0.25, 0.3) is 0 Å². The normalized spacial score (nSPS) is 12.4. The monoisotopic (exact) mass is 417 g/mol. The van der Waals surface area contributed by atoms with E-state index in [0.29, 0.717) is 36.1 Å². The lowest BCUT2D eigenvalue weighted by molar-refractivity contribution is 0.176. The molecule has 0 bridgehead atoms. The van der Waals surface area contributed by atoms with Gasteiger partial charge in [0.1, 0.15) is 11.5 Å². The summed E-state index contributed by atoms with van der Waals surface area (Å²) in [5.74, 6) is 1.94. The van der Waals surface area contributed by atoms with Crippen LogP contribution in [0.15, 0.2) is 46.3 Å². The van der Waals surface area contributed by atoms with Gasteiger partial charge in [-0.3, -0.25) is 0 Å². The maximum absolute atomic E-state index is 10.7. The van der Waals surface area contributed by atoms with Crippen molar-refractivity contribution in [1.29, 1.82) is 0 Å². The Morgan fingerprint density at radius 1 is 1.14 bits per heavy atom. The van der Waals surface area contributed by atoms with Crippen LogP contribution in [0, 0.1) is 6.92 Å². The standard InChI is InChI=1S/C22H31N3O3S/c1-6-23-22(24-13-16-8-7-15(2)11-21(16)29-5)25-14-19(26)18-12-17(27-3)9-10-20(18)28-4/h7-12,19,26H,6,13-14H2,1-5H3,(H2,23,24,25). The molecule has 2 rings (SSSR count). The minimum atomic E-state index is -0.773. The molecule has 0 aromatic heterocycles. The van der Waals surface area contributed by atoms with Crippen molar-refractivity contribution in [1.82, 2.24) is 10.6 Å². The number of guanidine groups is 1. The first kappa shape index (κ1) is 22.9. The highest BCUT2D eigenvalue weighted by molar-refractivity contribution is 7.98. The zero-order valence-corrected chi connectivity index (χ0v) is 18.6. The molecule has 1 atom stereocenters. The zero-order valence-electron chi connectivity index (χ0n) is 17.8. The smallest absolute Gasteiger partial charge is 0.191 e. The van der Waals surface area contributed by atoms with Gasteiger partial charge in [0, 0.05) is 23.5 Å². The van der Waals surface area contributed by atoms with Crippen molar-refractivity contribution in [3.05, 3.63) is 53.1 Å². The molecule has 2 aromatic carbocycles. The quantitative estimate of drug-likeness (QED) is 0.329. The highest BCUT2D eigenvalue weighted by atomic mass is 32.2. The van der Waals surface area contributed by atoms with Crippen LogP contribution in [0.5, 0.6) is 11.5 Å². The zero-order chi connectivity index (χ0) is 21.2. The van der Waals surface area contributed by atoms with Crippen molar-refractivity contribution in [2.24, 2.45) is 4.99 Å². The van der Waals surface area contributed by atoms with Crippen LogP contribution in [0.3, 0.4) is 0 Å². The molecule has 0 aliphatic carbocycles. The molecule has 0 aliphatic heterocycles. The van der Waals surface area contributed by atoms with Gasteiger partial charge >= 0.3 is 0 Å². The molecule has 0 fully saturated rings. The number of aryl methyl sites for hydroxylation is 1. The number of aliphatic hydroxyl groups is 1. The van der Waals surface area contributed by atoms with E-state index in [9.17, 15) is 5.11 Å². The van der Waals surface area contributed by atoms with Gasteiger partial charge in [-0.15, -0.1) is 11.8 Å². The summed E-state index contributed by atoms with van der Waals surface area (Å²) in [6.45, 7) is 5.68. The second-order valence-corrected chi connectivity index (χ2v) is 7.36. The summed E-state index contributed by atoms with van der Waals surface area (Å²) >= 11 is 1.72. The fraction of sp³-hybridized carbons (Fsp3) is 0.409. The van der Waals surface area contributed by atoms with Crippen molar-refractivity contribution >= 4 is 17.7 Å². The summed E-state index contributed by atoms with van der Waals surface area (Å²) in [6.07, 6.45) is 1.30. The number of ether oxygens (including phenoxy) is 2. The number of rotatable bonds is 9. The van der Waals surface area contributed by atoms with Crippen LogP contribution in [0.2, 0.25) is 0 Å². The lowest BCUT2D eigenvalue weighted by atomic mass is 10.1. The molecule has 0 spiro atoms. The van der Waals surface area contributed by atoms with Gasteiger partial charge in [0.2, 0.25) is 0 Å². The first-order chi connectivity index (χ1) is 14.0. The Labute approximate surface area is 177 Å². The van der Waals surface area contributed by atoms with Crippen LogP contribution < -0.4 is 20.1 Å². The Morgan fingerprint density at radius 3 is 2.59 bits per heavy atom. The van der Waals surface area contributed by atoms with Crippen molar-refractivity contribution in [2.45, 2.75) is 31.4 Å². The van der Waals surface area contributed by atoms with Gasteiger partial charge in [0.05, 0.1) is 26.9 Å². The Hall–Kier alpha value is -2.38. The van der Waals surface area contributed by atoms with Crippen LogP contribution in [0.4, 0.5) is 0 Å². The number of methoxy groups -OCH3 is 2. The third-order valence-corrected chi connectivity index (χ3v) is 5.27. The second kappa shape index (κ2) is 11.6. The maximum atomic E-state index is 10.7. The van der Waals surface area contributed by atoms with E-state index in [1.807, 2.05) is 6.92 Å². The van der Waals surface area contributed by atoms with E-state index in [0.717, 1.165) is 6.54 Å². The molecule has 3 N–H and O–H groups in total. The molecular formula is C22H31N3O3S. The molecule has 0 saturated carbocycles. The summed E-state index contributed by atoms with van der Waals surface area (Å²) in [7, 11) is 3.18. The van der Waals surface area contributed by atoms with E-state index in [-0.39, 0.29) is 0 Å². The van der Waals surface area contributed by atoms with Crippen molar-refractivity contribution in [3.8, 4) is 11.5 Å². The minimum Gasteiger partial charge on any atom is -0.497 e. The third kappa shape index (κ3) is 6.58. The first-order valence-corrected chi connectivity index (χ1v) is 10.8. The van der Waals surface area contributed by atoms with E-state index in [1.165, 1.54) is 16.0 Å². The summed E-state index contributed by atoms with van der Waals surface area (Å²) in [5.41, 5.74) is 3.08. The SMILES string of the molecule is CCNC(=NCc1ccc(C)cc1SC)NCC(O)c1cc(OC)ccc1OC. The van der Waals surface area contributed by atoms with Crippen LogP contribution in [-0.2, 0) is 6.54 Å². The number of benzene rings is 2. The van der Waals surface area contributed by atoms with E-state index >= 15 is 0 Å². The summed E-state index contributed by atoms with van der Waals surface area (Å²) in [6, 6.07) is 11.8. The lowest BCUT2D eigenvalue weighted by Crippen LogP contribution is -2.39. The highest BCUT2D eigenvalue weighted by Gasteiger charge is 2.15. The predicted molar refractivity (Wildman–Crippen MR) is 120 cm³/mol. The third-order valence-electron chi connectivity index (χ3n) is 4.45. The van der Waals surface area contributed by atoms with Crippen molar-refractivity contribution < 1.29 is 14.6 Å². The van der Waals surface area contributed by atoms with Crippen LogP contribution >= 0.6 is 11.8 Å². The number of aliphatic imine (C=N–C) groups is 1. The van der Waals surface area contributed by atoms with E-state index < -0.39 is 6.10 Å². The summed E-state index contributed by atoms with van der Waals surface area (Å²) in [5, 5.41) is 17.1. The summed E-state index contributed by atoms with van der Waals surface area (Å²) in [4.78, 5) is 5.91. The lowest BCUT2D eigenvalue weighted by Gasteiger charge is -2.18. The van der Waals surface area contributed by atoms with E-state index in [4.69, 9.17) is 9.47 Å². The predicted octanol–water partition coefficient (Wildman–Crippen LogP) is 3.52. The number of thioether (sulfide) groups is 1. The summed E-state index contributed by atoms with van der Waals surface area (Å²) < 4.78 is 10.6. The Balaban J connectivity index is 2.10. The first-order valence-electron chi connectivity index (χ1n) is 9.58. The van der Waals surface area contributed by atoms with E-state index in [2.05, 4.69) is 47.0 Å². The molecule has 6 nitrogen and oxygen atoms in total. The molecule has 158 valence electrons. The fourth-order valence-electron chi connectivity index (χ4n) is 2.89. The van der Waals surface area contributed by atoms with Crippen molar-refractivity contribution in [2.75, 3.05) is 33.6 Å². The molecule has 0 amide bonds. The van der Waals surface area contributed by atoms with Crippen molar-refractivity contribution in [3.63, 3.8) is 0 Å². The average Bonchev–Trinajstić information content (AvgIpc) is 2.75. The Kier molecular flexibility index (Phi) is 9.15. The fourth-order valence-corrected chi connectivity index (χ4v) is 3.59. The molecule has 1 unspecified atom stereocenters. The van der Waals surface area contributed by atoms with Gasteiger partial charge in [0.25, 0.3) is 0 Å². The molecule has 0 radical (unpaired) electrons. The Bertz CT molecular complexity index is 827. The molecule has 29 heavy (non-hydrogen) atoms. The molecule has 0 heterocycles. The van der Waals surface area contributed by atoms with Gasteiger partial charge in [-0.25, -0.2) is 4.99 Å². The highest BCUT2D eigenvalue weighted by Crippen LogP contribution is 2.29. The molecule has 7 heteroatoms. The largest absolute Gasteiger partial charge is 0.497 e. The van der Waals surface area contributed by atoms with Gasteiger partial charge in [0.15, 0.2) is 5.96 Å². The number of nitrogens with zero attached hydrogens (tertiary/aromatic N) is 1. The minimum absolute atomic E-state index is 0.290. The maximum Gasteiger partial charge on any atom is 0.191 e. The second-order valence-electron chi connectivity index (χ2n) is 6.52. The van der Waals surface area contributed by atoms with Gasteiger partial charge < -0.3 is 25.2 Å². The topological polar surface area (TPSA) is 75.1 Å². The number of hydrogen-bond acceptors (Lipinski definition) is 5. The van der Waals surface area contributed by atoms with Gasteiger partial charge in [-0.05, 0) is 55.5 Å². The van der Waals surface area contributed by atoms with Crippen LogP contribution in [0.1, 0.15) is 29.7 Å². The molecular weight excluding hydrogens is 386 g/mol. The van der Waals surface area contributed by atoms with Gasteiger partial charge in [-0.2, -0.15) is 0 Å². The Morgan fingerprint density at radius 2 is 1.93 bits per heavy atom. The van der Waals surface area contributed by atoms with E-state index in [1.54, 1.807) is 44.2 Å². The molecule has 2 aromatic rings. The van der Waals surface area contributed by atoms with Crippen LogP contribution in [-0.4, -0.2) is 44.6 Å². The number of aliphatic hydroxyl groups excluding tert-OH is 1. The molecule has 0 saturated heterocycles. The van der Waals surface area contributed by atoms with Gasteiger partial charge in [-0.1, -0.05) is 12.1 Å². The number of nitrogens with one attached hydrogen (secondary N) is 2. The number of hydrogen-bond donors (Lipinski definition) is 3. The molecule has 0 aliphatic rings.